The molecule has 0 bridgehead atoms. The number of hydrogen-bond acceptors (Lipinski definition) is 4. The number of nitrogens with one attached hydrogen (secondary N) is 1. The van der Waals surface area contributed by atoms with Gasteiger partial charge in [-0.1, -0.05) is 42.0 Å². The summed E-state index contributed by atoms with van der Waals surface area (Å²) in [4.78, 5) is 11.2. The van der Waals surface area contributed by atoms with Crippen molar-refractivity contribution in [2.75, 3.05) is 12.0 Å². The van der Waals surface area contributed by atoms with Gasteiger partial charge in [0.1, 0.15) is 0 Å². The fourth-order valence-electron chi connectivity index (χ4n) is 1.27. The molecule has 0 aliphatic rings. The maximum Gasteiger partial charge on any atom is 0.370 e. The number of para-hydroxylation sites is 1. The van der Waals surface area contributed by atoms with Gasteiger partial charge >= 0.3 is 5.97 Å². The Labute approximate surface area is 111 Å². The highest BCUT2D eigenvalue weighted by Crippen LogP contribution is 2.16. The number of esters is 1. The van der Waals surface area contributed by atoms with Crippen molar-refractivity contribution in [1.82, 2.24) is 0 Å². The first-order valence-electron chi connectivity index (χ1n) is 5.57. The van der Waals surface area contributed by atoms with Gasteiger partial charge in [0.25, 0.3) is 0 Å². The van der Waals surface area contributed by atoms with Gasteiger partial charge in [-0.05, 0) is 25.5 Å². The lowest BCUT2D eigenvalue weighted by molar-refractivity contribution is -0.134. The average Bonchev–Trinajstić information content (AvgIpc) is 2.38. The molecule has 0 spiro atoms. The van der Waals surface area contributed by atoms with Crippen LogP contribution in [0.15, 0.2) is 35.4 Å². The van der Waals surface area contributed by atoms with Gasteiger partial charge in [-0.2, -0.15) is 5.10 Å². The molecule has 1 N–H and O–H groups in total. The molecule has 0 atom stereocenters. The van der Waals surface area contributed by atoms with Crippen LogP contribution in [-0.2, 0) is 9.53 Å². The third-order valence-electron chi connectivity index (χ3n) is 2.03. The monoisotopic (exact) mass is 266 g/mol. The summed E-state index contributed by atoms with van der Waals surface area (Å²) >= 11 is 5.68. The van der Waals surface area contributed by atoms with E-state index < -0.39 is 5.97 Å². The van der Waals surface area contributed by atoms with Crippen LogP contribution in [0.2, 0.25) is 0 Å². The van der Waals surface area contributed by atoms with Crippen LogP contribution in [-0.4, -0.2) is 17.7 Å². The average molecular weight is 267 g/mol. The Morgan fingerprint density at radius 1 is 1.50 bits per heavy atom. The number of anilines is 1. The molecule has 1 aromatic carbocycles. The van der Waals surface area contributed by atoms with Crippen molar-refractivity contribution in [2.45, 2.75) is 13.8 Å². The number of ether oxygens (including phenoxy) is 1. The number of hydrogen-bond donors (Lipinski definition) is 1. The van der Waals surface area contributed by atoms with E-state index in [0.29, 0.717) is 0 Å². The van der Waals surface area contributed by atoms with Crippen molar-refractivity contribution in [1.29, 1.82) is 0 Å². The second-order valence-electron chi connectivity index (χ2n) is 3.32. The minimum Gasteiger partial charge on any atom is -0.461 e. The minimum atomic E-state index is -0.643. The van der Waals surface area contributed by atoms with E-state index in [1.54, 1.807) is 6.92 Å². The molecular formula is C13H15ClN2O2. The highest BCUT2D eigenvalue weighted by molar-refractivity contribution is 6.82. The summed E-state index contributed by atoms with van der Waals surface area (Å²) in [5, 5.41) is 3.55. The second kappa shape index (κ2) is 7.50. The lowest BCUT2D eigenvalue weighted by Gasteiger charge is -2.05. The van der Waals surface area contributed by atoms with Crippen molar-refractivity contribution >= 4 is 34.5 Å². The van der Waals surface area contributed by atoms with E-state index in [2.05, 4.69) is 10.5 Å². The SMILES string of the molecule is C/C=C\c1ccccc1N/N=C(/Cl)C(=O)OCC. The lowest BCUT2D eigenvalue weighted by atomic mass is 10.2. The largest absolute Gasteiger partial charge is 0.461 e. The first kappa shape index (κ1) is 14.3. The number of rotatable bonds is 5. The molecule has 0 saturated heterocycles. The first-order chi connectivity index (χ1) is 8.69. The number of carbonyl (C=O) groups is 1. The first-order valence-corrected chi connectivity index (χ1v) is 5.94. The van der Waals surface area contributed by atoms with Crippen LogP contribution in [0.5, 0.6) is 0 Å². The predicted molar refractivity (Wildman–Crippen MR) is 74.7 cm³/mol. The summed E-state index contributed by atoms with van der Waals surface area (Å²) in [7, 11) is 0. The fraction of sp³-hybridized carbons (Fsp3) is 0.231. The summed E-state index contributed by atoms with van der Waals surface area (Å²) in [6.07, 6.45) is 3.84. The summed E-state index contributed by atoms with van der Waals surface area (Å²) in [5.74, 6) is -0.643. The van der Waals surface area contributed by atoms with E-state index in [4.69, 9.17) is 16.3 Å². The number of nitrogens with zero attached hydrogens (tertiary/aromatic N) is 1. The van der Waals surface area contributed by atoms with E-state index in [0.717, 1.165) is 11.3 Å². The molecule has 18 heavy (non-hydrogen) atoms. The Balaban J connectivity index is 2.79. The van der Waals surface area contributed by atoms with Crippen LogP contribution < -0.4 is 5.43 Å². The van der Waals surface area contributed by atoms with Gasteiger partial charge in [0, 0.05) is 0 Å². The van der Waals surface area contributed by atoms with E-state index in [1.165, 1.54) is 0 Å². The number of halogens is 1. The number of benzene rings is 1. The van der Waals surface area contributed by atoms with E-state index >= 15 is 0 Å². The molecule has 1 aromatic rings. The van der Waals surface area contributed by atoms with Gasteiger partial charge in [0.05, 0.1) is 12.3 Å². The summed E-state index contributed by atoms with van der Waals surface area (Å²) in [6.45, 7) is 3.89. The zero-order valence-corrected chi connectivity index (χ0v) is 11.1. The van der Waals surface area contributed by atoms with Crippen molar-refractivity contribution in [2.24, 2.45) is 5.10 Å². The van der Waals surface area contributed by atoms with Crippen LogP contribution in [0.25, 0.3) is 6.08 Å². The highest BCUT2D eigenvalue weighted by atomic mass is 35.5. The minimum absolute atomic E-state index is 0.230. The molecular weight excluding hydrogens is 252 g/mol. The van der Waals surface area contributed by atoms with Gasteiger partial charge in [-0.25, -0.2) is 4.79 Å². The van der Waals surface area contributed by atoms with Gasteiger partial charge in [0.15, 0.2) is 0 Å². The Bertz CT molecular complexity index is 470. The Morgan fingerprint density at radius 2 is 2.22 bits per heavy atom. The van der Waals surface area contributed by atoms with Crippen molar-refractivity contribution in [3.63, 3.8) is 0 Å². The van der Waals surface area contributed by atoms with Crippen LogP contribution >= 0.6 is 11.6 Å². The van der Waals surface area contributed by atoms with Gasteiger partial charge in [-0.3, -0.25) is 5.43 Å². The van der Waals surface area contributed by atoms with Crippen molar-refractivity contribution in [3.8, 4) is 0 Å². The predicted octanol–water partition coefficient (Wildman–Crippen LogP) is 3.25. The van der Waals surface area contributed by atoms with E-state index in [9.17, 15) is 4.79 Å². The zero-order chi connectivity index (χ0) is 13.4. The third-order valence-corrected chi connectivity index (χ3v) is 2.26. The van der Waals surface area contributed by atoms with E-state index in [-0.39, 0.29) is 11.8 Å². The molecule has 5 heteroatoms. The molecule has 1 rings (SSSR count). The molecule has 0 aromatic heterocycles. The maximum absolute atomic E-state index is 11.2. The standard InChI is InChI=1S/C13H15ClN2O2/c1-3-7-10-8-5-6-9-11(10)15-16-12(14)13(17)18-4-2/h3,5-9,15H,4H2,1-2H3/b7-3-,16-12+. The Hall–Kier alpha value is -1.81. The van der Waals surface area contributed by atoms with Crippen LogP contribution in [0, 0.1) is 0 Å². The quantitative estimate of drug-likeness (QED) is 0.506. The van der Waals surface area contributed by atoms with Crippen molar-refractivity contribution in [3.05, 3.63) is 35.9 Å². The van der Waals surface area contributed by atoms with Crippen LogP contribution in [0.3, 0.4) is 0 Å². The maximum atomic E-state index is 11.2. The second-order valence-corrected chi connectivity index (χ2v) is 3.68. The Kier molecular flexibility index (Phi) is 5.94. The topological polar surface area (TPSA) is 50.7 Å². The third kappa shape index (κ3) is 4.22. The summed E-state index contributed by atoms with van der Waals surface area (Å²) < 4.78 is 4.71. The molecule has 0 amide bonds. The van der Waals surface area contributed by atoms with Gasteiger partial charge in [0.2, 0.25) is 5.17 Å². The van der Waals surface area contributed by atoms with Gasteiger partial charge in [-0.15, -0.1) is 0 Å². The van der Waals surface area contributed by atoms with E-state index in [1.807, 2.05) is 43.3 Å². The molecule has 0 aliphatic carbocycles. The number of hydrazone groups is 1. The zero-order valence-electron chi connectivity index (χ0n) is 10.3. The summed E-state index contributed by atoms with van der Waals surface area (Å²) in [6, 6.07) is 7.55. The van der Waals surface area contributed by atoms with Gasteiger partial charge < -0.3 is 4.74 Å². The number of allylic oxidation sites excluding steroid dienone is 1. The van der Waals surface area contributed by atoms with Crippen LogP contribution in [0.1, 0.15) is 19.4 Å². The smallest absolute Gasteiger partial charge is 0.370 e. The number of carbonyl (C=O) groups excluding carboxylic acids is 1. The molecule has 0 fully saturated rings. The summed E-state index contributed by atoms with van der Waals surface area (Å²) in [5.41, 5.74) is 4.46. The molecule has 4 nitrogen and oxygen atoms in total. The fourth-order valence-corrected chi connectivity index (χ4v) is 1.37. The molecule has 0 heterocycles. The molecule has 0 saturated carbocycles. The lowest BCUT2D eigenvalue weighted by Crippen LogP contribution is -2.13. The highest BCUT2D eigenvalue weighted by Gasteiger charge is 2.09. The molecule has 0 unspecified atom stereocenters. The normalized spacial score (nSPS) is 11.6. The molecule has 0 radical (unpaired) electrons. The Morgan fingerprint density at radius 3 is 2.89 bits per heavy atom. The van der Waals surface area contributed by atoms with Crippen LogP contribution in [0.4, 0.5) is 5.69 Å². The molecule has 96 valence electrons. The molecule has 0 aliphatic heterocycles. The van der Waals surface area contributed by atoms with Crippen molar-refractivity contribution < 1.29 is 9.53 Å².